The van der Waals surface area contributed by atoms with Crippen LogP contribution in [-0.4, -0.2) is 16.6 Å². The quantitative estimate of drug-likeness (QED) is 0.370. The third kappa shape index (κ3) is 4.16. The van der Waals surface area contributed by atoms with Gasteiger partial charge >= 0.3 is 0 Å². The second kappa shape index (κ2) is 9.03. The summed E-state index contributed by atoms with van der Waals surface area (Å²) in [6.07, 6.45) is 0. The number of benzene rings is 3. The standard InChI is InChI=1S/C28H29O4P/c1-16-14-21(6)25(22(7)15-16)28(31)33(32,26(29)23-17(2)10-8-11-18(23)3)27(30)24-19(4)12-9-13-20(24)5/h8-15H,1-7H3. The summed E-state index contributed by atoms with van der Waals surface area (Å²) in [5.41, 5.74) is 2.33. The predicted molar refractivity (Wildman–Crippen MR) is 133 cm³/mol. The normalized spacial score (nSPS) is 11.4. The Balaban J connectivity index is 2.37. The van der Waals surface area contributed by atoms with E-state index >= 15 is 0 Å². The van der Waals surface area contributed by atoms with Gasteiger partial charge in [0.05, 0.1) is 0 Å². The highest BCUT2D eigenvalue weighted by molar-refractivity contribution is 8.07. The van der Waals surface area contributed by atoms with Gasteiger partial charge < -0.3 is 0 Å². The summed E-state index contributed by atoms with van der Waals surface area (Å²) in [6, 6.07) is 14.1. The van der Waals surface area contributed by atoms with Gasteiger partial charge in [-0.3, -0.25) is 18.9 Å². The van der Waals surface area contributed by atoms with E-state index in [0.29, 0.717) is 33.4 Å². The van der Waals surface area contributed by atoms with E-state index in [1.165, 1.54) is 0 Å². The minimum atomic E-state index is -4.75. The summed E-state index contributed by atoms with van der Waals surface area (Å²) in [6.45, 7) is 12.3. The highest BCUT2D eigenvalue weighted by Gasteiger charge is 2.50. The van der Waals surface area contributed by atoms with Gasteiger partial charge in [-0.05, 0) is 81.8 Å². The van der Waals surface area contributed by atoms with E-state index in [9.17, 15) is 18.9 Å². The van der Waals surface area contributed by atoms with Crippen LogP contribution < -0.4 is 0 Å². The van der Waals surface area contributed by atoms with E-state index in [0.717, 1.165) is 5.56 Å². The van der Waals surface area contributed by atoms with Crippen molar-refractivity contribution >= 4 is 23.7 Å². The van der Waals surface area contributed by atoms with Crippen LogP contribution in [0.25, 0.3) is 0 Å². The van der Waals surface area contributed by atoms with Crippen molar-refractivity contribution in [1.82, 2.24) is 0 Å². The van der Waals surface area contributed by atoms with Gasteiger partial charge in [0.25, 0.3) is 7.14 Å². The van der Waals surface area contributed by atoms with Crippen LogP contribution in [0, 0.1) is 48.5 Å². The van der Waals surface area contributed by atoms with Crippen molar-refractivity contribution in [1.29, 1.82) is 0 Å². The second-order valence-corrected chi connectivity index (χ2v) is 11.3. The molecule has 33 heavy (non-hydrogen) atoms. The van der Waals surface area contributed by atoms with Gasteiger partial charge in [0.1, 0.15) is 0 Å². The van der Waals surface area contributed by atoms with E-state index in [2.05, 4.69) is 0 Å². The average molecular weight is 461 g/mol. The first kappa shape index (κ1) is 24.5. The summed E-state index contributed by atoms with van der Waals surface area (Å²) >= 11 is 0. The summed E-state index contributed by atoms with van der Waals surface area (Å²) in [5, 5.41) is 0. The molecule has 170 valence electrons. The third-order valence-electron chi connectivity index (χ3n) is 6.14. The van der Waals surface area contributed by atoms with Crippen molar-refractivity contribution in [2.24, 2.45) is 0 Å². The molecule has 0 aliphatic rings. The minimum absolute atomic E-state index is 0.177. The smallest absolute Gasteiger partial charge is 0.287 e. The zero-order valence-corrected chi connectivity index (χ0v) is 21.1. The van der Waals surface area contributed by atoms with E-state index in [1.54, 1.807) is 90.1 Å². The van der Waals surface area contributed by atoms with E-state index in [1.807, 2.05) is 6.92 Å². The lowest BCUT2D eigenvalue weighted by Gasteiger charge is -2.21. The molecule has 0 atom stereocenters. The Hall–Kier alpha value is -3.10. The fraction of sp³-hybridized carbons (Fsp3) is 0.250. The lowest BCUT2D eigenvalue weighted by atomic mass is 10.0. The molecule has 0 fully saturated rings. The average Bonchev–Trinajstić information content (AvgIpc) is 2.71. The largest absolute Gasteiger partial charge is 0.298 e. The van der Waals surface area contributed by atoms with Crippen molar-refractivity contribution < 1.29 is 18.9 Å². The maximum atomic E-state index is 14.7. The third-order valence-corrected chi connectivity index (χ3v) is 8.53. The van der Waals surface area contributed by atoms with Gasteiger partial charge in [-0.2, -0.15) is 0 Å². The molecular formula is C28H29O4P. The number of rotatable bonds is 6. The molecule has 0 spiro atoms. The van der Waals surface area contributed by atoms with Gasteiger partial charge in [0.15, 0.2) is 0 Å². The Morgan fingerprint density at radius 3 is 1.09 bits per heavy atom. The SMILES string of the molecule is Cc1cc(C)c(C(=O)P(=O)(C(=O)c2c(C)cccc2C)C(=O)c2c(C)cccc2C)c(C)c1. The summed E-state index contributed by atoms with van der Waals surface area (Å²) in [5.74, 6) is 0. The van der Waals surface area contributed by atoms with Crippen LogP contribution in [0.5, 0.6) is 0 Å². The number of hydrogen-bond acceptors (Lipinski definition) is 4. The number of carbonyl (C=O) groups excluding carboxylic acids is 3. The van der Waals surface area contributed by atoms with E-state index < -0.39 is 23.7 Å². The number of aryl methyl sites for hydroxylation is 7. The van der Waals surface area contributed by atoms with Crippen LogP contribution >= 0.6 is 7.14 Å². The topological polar surface area (TPSA) is 68.3 Å². The molecule has 0 aliphatic carbocycles. The zero-order chi connectivity index (χ0) is 24.7. The van der Waals surface area contributed by atoms with Crippen molar-refractivity contribution in [2.75, 3.05) is 0 Å². The number of hydrogen-bond donors (Lipinski definition) is 0. The molecular weight excluding hydrogens is 431 g/mol. The second-order valence-electron chi connectivity index (χ2n) is 8.83. The molecule has 0 saturated heterocycles. The van der Waals surface area contributed by atoms with Crippen LogP contribution in [0.1, 0.15) is 70.0 Å². The molecule has 0 bridgehead atoms. The van der Waals surface area contributed by atoms with Gasteiger partial charge in [-0.25, -0.2) is 0 Å². The van der Waals surface area contributed by atoms with Gasteiger partial charge in [0, 0.05) is 16.7 Å². The highest BCUT2D eigenvalue weighted by atomic mass is 31.2. The molecule has 3 rings (SSSR count). The first-order valence-electron chi connectivity index (χ1n) is 10.9. The molecule has 0 heterocycles. The Kier molecular flexibility index (Phi) is 6.72. The van der Waals surface area contributed by atoms with Crippen LogP contribution in [-0.2, 0) is 4.57 Å². The highest BCUT2D eigenvalue weighted by Crippen LogP contribution is 2.56. The Labute approximate surface area is 195 Å². The molecule has 0 unspecified atom stereocenters. The molecule has 0 aliphatic heterocycles. The van der Waals surface area contributed by atoms with Crippen LogP contribution in [0.15, 0.2) is 48.5 Å². The van der Waals surface area contributed by atoms with Crippen molar-refractivity contribution in [2.45, 2.75) is 48.5 Å². The van der Waals surface area contributed by atoms with Crippen molar-refractivity contribution in [3.05, 3.63) is 104 Å². The first-order chi connectivity index (χ1) is 15.4. The van der Waals surface area contributed by atoms with Crippen molar-refractivity contribution in [3.8, 4) is 0 Å². The molecule has 0 aromatic heterocycles. The van der Waals surface area contributed by atoms with E-state index in [-0.39, 0.29) is 16.7 Å². The zero-order valence-electron chi connectivity index (χ0n) is 20.2. The van der Waals surface area contributed by atoms with Gasteiger partial charge in [-0.1, -0.05) is 54.1 Å². The first-order valence-corrected chi connectivity index (χ1v) is 12.6. The molecule has 3 aromatic rings. The predicted octanol–water partition coefficient (Wildman–Crippen LogP) is 7.03. The van der Waals surface area contributed by atoms with Crippen LogP contribution in [0.2, 0.25) is 0 Å². The van der Waals surface area contributed by atoms with E-state index in [4.69, 9.17) is 0 Å². The molecule has 0 N–H and O–H groups in total. The minimum Gasteiger partial charge on any atom is -0.298 e. The maximum Gasteiger partial charge on any atom is 0.287 e. The number of carbonyl (C=O) groups is 3. The molecule has 0 amide bonds. The molecule has 5 heteroatoms. The Bertz CT molecular complexity index is 1230. The van der Waals surface area contributed by atoms with Gasteiger partial charge in [-0.15, -0.1) is 0 Å². The fourth-order valence-corrected chi connectivity index (χ4v) is 7.13. The Morgan fingerprint density at radius 2 is 0.788 bits per heavy atom. The maximum absolute atomic E-state index is 14.7. The summed E-state index contributed by atoms with van der Waals surface area (Å²) < 4.78 is 14.7. The molecule has 0 saturated carbocycles. The molecule has 4 nitrogen and oxygen atoms in total. The molecule has 0 radical (unpaired) electrons. The molecule has 3 aromatic carbocycles. The monoisotopic (exact) mass is 460 g/mol. The lowest BCUT2D eigenvalue weighted by Crippen LogP contribution is -2.22. The fourth-order valence-electron chi connectivity index (χ4n) is 4.57. The lowest BCUT2D eigenvalue weighted by molar-refractivity contribution is 0.100. The summed E-state index contributed by atoms with van der Waals surface area (Å²) in [7, 11) is -4.75. The summed E-state index contributed by atoms with van der Waals surface area (Å²) in [4.78, 5) is 41.9. The van der Waals surface area contributed by atoms with Crippen LogP contribution in [0.3, 0.4) is 0 Å². The van der Waals surface area contributed by atoms with Crippen molar-refractivity contribution in [3.63, 3.8) is 0 Å². The van der Waals surface area contributed by atoms with Crippen LogP contribution in [0.4, 0.5) is 0 Å². The van der Waals surface area contributed by atoms with Gasteiger partial charge in [0.2, 0.25) is 16.6 Å². The Morgan fingerprint density at radius 1 is 0.515 bits per heavy atom.